The van der Waals surface area contributed by atoms with Crippen LogP contribution >= 0.6 is 0 Å². The van der Waals surface area contributed by atoms with Crippen molar-refractivity contribution in [3.8, 4) is 5.75 Å². The lowest BCUT2D eigenvalue weighted by molar-refractivity contribution is -0.347. The molecule has 1 aliphatic rings. The topological polar surface area (TPSA) is 60.8 Å². The molecule has 30 heavy (non-hydrogen) atoms. The average Bonchev–Trinajstić information content (AvgIpc) is 2.78. The van der Waals surface area contributed by atoms with Gasteiger partial charge in [0.25, 0.3) is 0 Å². The van der Waals surface area contributed by atoms with Gasteiger partial charge in [-0.3, -0.25) is 0 Å². The van der Waals surface area contributed by atoms with Gasteiger partial charge in [-0.1, -0.05) is 26.0 Å². The Kier molecular flexibility index (Phi) is 5.69. The lowest BCUT2D eigenvalue weighted by Crippen LogP contribution is -2.34. The molecule has 1 N–H and O–H groups in total. The molecule has 0 bridgehead atoms. The maximum atomic E-state index is 13.7. The second-order valence-electron chi connectivity index (χ2n) is 8.08. The first-order valence-corrected chi connectivity index (χ1v) is 12.0. The van der Waals surface area contributed by atoms with Gasteiger partial charge in [-0.05, 0) is 55.0 Å². The van der Waals surface area contributed by atoms with Gasteiger partial charge in [-0.15, -0.1) is 0 Å². The summed E-state index contributed by atoms with van der Waals surface area (Å²) < 4.78 is 32.8. The quantitative estimate of drug-likeness (QED) is 0.612. The number of nitrogens with one attached hydrogen (secondary N) is 1. The molecule has 1 aliphatic heterocycles. The van der Waals surface area contributed by atoms with E-state index in [0.29, 0.717) is 21.5 Å². The standard InChI is InChI=1S/C24H28N2O3S/c1-4-18-5-8-20(9-6-18)30(27,28)23-16-25-22-10-7-19(29-3)15-21(22)24(23)26-13-11-17(2)12-14-26/h5-10,15-17H,4,11-14H2,1-3H3/p+1. The number of sulfone groups is 1. The number of fused-ring (bicyclic) bond motifs is 1. The Labute approximate surface area is 178 Å². The van der Waals surface area contributed by atoms with Gasteiger partial charge < -0.3 is 9.64 Å². The highest BCUT2D eigenvalue weighted by Gasteiger charge is 2.31. The summed E-state index contributed by atoms with van der Waals surface area (Å²) in [6.45, 7) is 6.00. The van der Waals surface area contributed by atoms with E-state index in [4.69, 9.17) is 4.74 Å². The Morgan fingerprint density at radius 3 is 2.43 bits per heavy atom. The maximum absolute atomic E-state index is 13.7. The molecule has 158 valence electrons. The molecule has 0 atom stereocenters. The van der Waals surface area contributed by atoms with E-state index >= 15 is 0 Å². The van der Waals surface area contributed by atoms with Crippen LogP contribution in [0.25, 0.3) is 10.9 Å². The number of ether oxygens (including phenoxy) is 1. The number of nitrogens with zero attached hydrogens (tertiary/aromatic N) is 1. The highest BCUT2D eigenvalue weighted by molar-refractivity contribution is 7.91. The summed E-state index contributed by atoms with van der Waals surface area (Å²) in [7, 11) is -2.05. The van der Waals surface area contributed by atoms with Gasteiger partial charge in [-0.25, -0.2) is 13.4 Å². The maximum Gasteiger partial charge on any atom is 0.214 e. The van der Waals surface area contributed by atoms with Gasteiger partial charge in [0, 0.05) is 19.2 Å². The molecular formula is C24H29N2O3S+. The van der Waals surface area contributed by atoms with Crippen LogP contribution in [0.3, 0.4) is 0 Å². The van der Waals surface area contributed by atoms with Crippen molar-refractivity contribution in [1.29, 1.82) is 0 Å². The number of hydrogen-bond acceptors (Lipinski definition) is 4. The van der Waals surface area contributed by atoms with Gasteiger partial charge in [-0.2, -0.15) is 0 Å². The number of aromatic nitrogens is 1. The Morgan fingerprint density at radius 2 is 1.80 bits per heavy atom. The third kappa shape index (κ3) is 3.76. The third-order valence-corrected chi connectivity index (χ3v) is 7.89. The monoisotopic (exact) mass is 425 g/mol. The number of aryl methyl sites for hydroxylation is 1. The Hall–Kier alpha value is -2.60. The molecule has 0 saturated carbocycles. The van der Waals surface area contributed by atoms with Crippen LogP contribution in [0.2, 0.25) is 0 Å². The zero-order valence-electron chi connectivity index (χ0n) is 17.8. The summed E-state index contributed by atoms with van der Waals surface area (Å²) in [5, 5.41) is 0.871. The SMILES string of the molecule is CCc1ccc(S(=O)(=O)c2c[nH+]c3ccc(OC)cc3c2N2CCC(C)CC2)cc1. The zero-order valence-corrected chi connectivity index (χ0v) is 18.6. The van der Waals surface area contributed by atoms with Gasteiger partial charge in [0.05, 0.1) is 23.1 Å². The van der Waals surface area contributed by atoms with Crippen LogP contribution in [0.15, 0.2) is 58.5 Å². The number of benzene rings is 2. The lowest BCUT2D eigenvalue weighted by atomic mass is 9.98. The van der Waals surface area contributed by atoms with Crippen LogP contribution in [0.1, 0.15) is 32.3 Å². The first-order chi connectivity index (χ1) is 14.4. The van der Waals surface area contributed by atoms with Crippen LogP contribution in [-0.2, 0) is 16.3 Å². The van der Waals surface area contributed by atoms with Crippen molar-refractivity contribution in [3.05, 3.63) is 54.2 Å². The van der Waals surface area contributed by atoms with Crippen molar-refractivity contribution >= 4 is 26.4 Å². The molecular weight excluding hydrogens is 396 g/mol. The highest BCUT2D eigenvalue weighted by Crippen LogP contribution is 2.38. The van der Waals surface area contributed by atoms with Crippen molar-refractivity contribution in [2.24, 2.45) is 5.92 Å². The summed E-state index contributed by atoms with van der Waals surface area (Å²) in [5.41, 5.74) is 2.79. The van der Waals surface area contributed by atoms with Gasteiger partial charge >= 0.3 is 0 Å². The predicted molar refractivity (Wildman–Crippen MR) is 119 cm³/mol. The Bertz CT molecular complexity index is 1150. The first-order valence-electron chi connectivity index (χ1n) is 10.6. The number of rotatable bonds is 5. The molecule has 4 rings (SSSR count). The van der Waals surface area contributed by atoms with Crippen LogP contribution in [0.5, 0.6) is 5.75 Å². The number of anilines is 1. The van der Waals surface area contributed by atoms with Crippen molar-refractivity contribution in [2.45, 2.75) is 42.9 Å². The lowest BCUT2D eigenvalue weighted by Gasteiger charge is -2.33. The van der Waals surface area contributed by atoms with Gasteiger partial charge in [0.2, 0.25) is 15.4 Å². The van der Waals surface area contributed by atoms with E-state index in [1.807, 2.05) is 30.3 Å². The fourth-order valence-electron chi connectivity index (χ4n) is 4.11. The van der Waals surface area contributed by atoms with Crippen LogP contribution < -0.4 is 14.6 Å². The number of piperidine rings is 1. The molecule has 0 aliphatic carbocycles. The molecule has 1 fully saturated rings. The fourth-order valence-corrected chi connectivity index (χ4v) is 5.57. The minimum atomic E-state index is -3.68. The molecule has 2 heterocycles. The summed E-state index contributed by atoms with van der Waals surface area (Å²) >= 11 is 0. The molecule has 0 unspecified atom stereocenters. The van der Waals surface area contributed by atoms with Gasteiger partial charge in [0.15, 0.2) is 11.1 Å². The van der Waals surface area contributed by atoms with Crippen LogP contribution in [0.4, 0.5) is 5.69 Å². The smallest absolute Gasteiger partial charge is 0.214 e. The fraction of sp³-hybridized carbons (Fsp3) is 0.375. The predicted octanol–water partition coefficient (Wildman–Crippen LogP) is 4.29. The molecule has 0 amide bonds. The van der Waals surface area contributed by atoms with E-state index in [9.17, 15) is 8.42 Å². The molecule has 5 nitrogen and oxygen atoms in total. The van der Waals surface area contributed by atoms with Crippen LogP contribution in [-0.4, -0.2) is 28.6 Å². The van der Waals surface area contributed by atoms with Crippen molar-refractivity contribution in [1.82, 2.24) is 0 Å². The summed E-state index contributed by atoms with van der Waals surface area (Å²) in [4.78, 5) is 6.06. The van der Waals surface area contributed by atoms with E-state index < -0.39 is 9.84 Å². The number of hydrogen-bond donors (Lipinski definition) is 0. The molecule has 0 spiro atoms. The molecule has 3 aromatic rings. The molecule has 2 aromatic carbocycles. The zero-order chi connectivity index (χ0) is 21.3. The van der Waals surface area contributed by atoms with Gasteiger partial charge in [0.1, 0.15) is 5.75 Å². The Balaban J connectivity index is 1.92. The molecule has 6 heteroatoms. The normalized spacial score (nSPS) is 15.5. The number of H-pyrrole nitrogens is 1. The summed E-state index contributed by atoms with van der Waals surface area (Å²) in [6, 6.07) is 13.0. The van der Waals surface area contributed by atoms with E-state index in [-0.39, 0.29) is 0 Å². The number of aromatic amines is 1. The van der Waals surface area contributed by atoms with Crippen molar-refractivity contribution in [3.63, 3.8) is 0 Å². The van der Waals surface area contributed by atoms with E-state index in [1.165, 1.54) is 0 Å². The molecule has 1 saturated heterocycles. The average molecular weight is 426 g/mol. The van der Waals surface area contributed by atoms with Crippen molar-refractivity contribution in [2.75, 3.05) is 25.1 Å². The number of methoxy groups -OCH3 is 1. The second-order valence-corrected chi connectivity index (χ2v) is 10.0. The van der Waals surface area contributed by atoms with E-state index in [0.717, 1.165) is 54.5 Å². The summed E-state index contributed by atoms with van der Waals surface area (Å²) in [6.07, 6.45) is 4.62. The summed E-state index contributed by atoms with van der Waals surface area (Å²) in [5.74, 6) is 1.36. The first kappa shape index (κ1) is 20.7. The third-order valence-electron chi connectivity index (χ3n) is 6.11. The molecule has 1 aromatic heterocycles. The van der Waals surface area contributed by atoms with E-state index in [1.54, 1.807) is 25.4 Å². The van der Waals surface area contributed by atoms with E-state index in [2.05, 4.69) is 23.7 Å². The van der Waals surface area contributed by atoms with Crippen molar-refractivity contribution < 1.29 is 18.1 Å². The molecule has 0 radical (unpaired) electrons. The second kappa shape index (κ2) is 8.26. The Morgan fingerprint density at radius 1 is 1.10 bits per heavy atom. The largest absolute Gasteiger partial charge is 0.497 e. The number of pyridine rings is 1. The minimum absolute atomic E-state index is 0.321. The highest BCUT2D eigenvalue weighted by atomic mass is 32.2. The minimum Gasteiger partial charge on any atom is -0.497 e. The van der Waals surface area contributed by atoms with Crippen LogP contribution in [0, 0.1) is 5.92 Å².